The number of benzene rings is 2. The number of amides is 1. The molecule has 1 unspecified atom stereocenters. The Morgan fingerprint density at radius 3 is 2.46 bits per heavy atom. The summed E-state index contributed by atoms with van der Waals surface area (Å²) >= 11 is 0. The van der Waals surface area contributed by atoms with Gasteiger partial charge in [-0.3, -0.25) is 19.3 Å². The summed E-state index contributed by atoms with van der Waals surface area (Å²) < 4.78 is 19.2. The van der Waals surface area contributed by atoms with E-state index in [0.29, 0.717) is 54.0 Å². The van der Waals surface area contributed by atoms with Crippen molar-refractivity contribution in [3.63, 3.8) is 0 Å². The quantitative estimate of drug-likeness (QED) is 0.0827. The van der Waals surface area contributed by atoms with Gasteiger partial charge in [-0.05, 0) is 163 Å². The number of aliphatic hydroxyl groups is 1. The molecule has 78 heavy (non-hydrogen) atoms. The maximum absolute atomic E-state index is 14.1. The summed E-state index contributed by atoms with van der Waals surface area (Å²) in [6, 6.07) is 16.7. The summed E-state index contributed by atoms with van der Waals surface area (Å²) in [5.41, 5.74) is 8.55. The number of pyridine rings is 2. The lowest BCUT2D eigenvalue weighted by atomic mass is 9.53. The van der Waals surface area contributed by atoms with E-state index in [4.69, 9.17) is 19.2 Å². The van der Waals surface area contributed by atoms with Crippen molar-refractivity contribution in [3.8, 4) is 17.1 Å². The predicted octanol–water partition coefficient (Wildman–Crippen LogP) is 9.56. The average molecular weight is 1060 g/mol. The SMILES string of the molecule is CC[C@@]1(O)C(=O)OCc2c1cc1n(c2=O)Cc2cc3c(CN(C)C)c(OC(=O)N4C[C@@H](C)N(CCCCCCN(C)c5ccc([C@H]6C[C@]7(C)[C@H](OC(C)=O)CC[C@H]7C7CCC8=CC(=O)CCC8=C76)cc5)C[C@@H]4C)ccc3nc2-1. The highest BCUT2D eigenvalue weighted by Crippen LogP contribution is 2.64. The minimum atomic E-state index is -1.91. The molecule has 2 aromatic heterocycles. The average Bonchev–Trinajstić information content (AvgIpc) is 4.12. The molecule has 2 aromatic carbocycles. The van der Waals surface area contributed by atoms with Gasteiger partial charge in [-0.25, -0.2) is 14.6 Å². The number of rotatable bonds is 14. The van der Waals surface area contributed by atoms with Crippen molar-refractivity contribution in [2.75, 3.05) is 52.2 Å². The van der Waals surface area contributed by atoms with Gasteiger partial charge in [-0.15, -0.1) is 0 Å². The fraction of sp³-hybridized carbons (Fsp3) is 0.556. The van der Waals surface area contributed by atoms with Crippen molar-refractivity contribution in [1.29, 1.82) is 0 Å². The second-order valence-electron chi connectivity index (χ2n) is 24.3. The molecule has 4 aliphatic carbocycles. The van der Waals surface area contributed by atoms with Gasteiger partial charge in [0.15, 0.2) is 11.4 Å². The first-order valence-electron chi connectivity index (χ1n) is 28.8. The van der Waals surface area contributed by atoms with E-state index in [9.17, 15) is 29.1 Å². The molecule has 4 aromatic rings. The lowest BCUT2D eigenvalue weighted by Crippen LogP contribution is -2.58. The topological polar surface area (TPSA) is 164 Å². The Labute approximate surface area is 458 Å². The second kappa shape index (κ2) is 21.1. The van der Waals surface area contributed by atoms with Crippen LogP contribution in [-0.2, 0) is 49.2 Å². The fourth-order valence-corrected chi connectivity index (χ4v) is 15.0. The van der Waals surface area contributed by atoms with Gasteiger partial charge < -0.3 is 38.6 Å². The highest BCUT2D eigenvalue weighted by molar-refractivity contribution is 5.93. The molecule has 1 amide bonds. The molecule has 7 aliphatic rings. The number of allylic oxidation sites excluding steroid dienone is 4. The van der Waals surface area contributed by atoms with E-state index >= 15 is 0 Å². The van der Waals surface area contributed by atoms with Crippen molar-refractivity contribution in [3.05, 3.63) is 109 Å². The van der Waals surface area contributed by atoms with Crippen molar-refractivity contribution in [1.82, 2.24) is 24.3 Å². The third-order valence-electron chi connectivity index (χ3n) is 19.2. The van der Waals surface area contributed by atoms with E-state index in [0.717, 1.165) is 100 Å². The number of cyclic esters (lactones) is 1. The Morgan fingerprint density at radius 1 is 0.923 bits per heavy atom. The largest absolute Gasteiger partial charge is 0.462 e. The number of piperazine rings is 1. The standard InChI is InChI=1S/C63H78N6O9/c1-9-63(75)52-30-54-58-42(34-69(54)59(72)50(52)36-76-60(63)73)29-47-49(35-65(6)7)55(24-23-53(47)64-58)78-61(74)68-33-37(2)67(32-38(68)3)27-13-11-10-12-26-66(8)43-17-14-40(15-18-43)48-31-62(5)51(22-25-56(62)77-39(4)70)46-20-16-41-28-44(71)19-21-45(41)57(46)48/h14-15,17-18,23-24,28-30,37-38,46,48,51,56,75H,9-13,16,19-22,25-27,31-36H2,1-8H3/t37-,38+,46?,48-,51+,56-,62+,63+/m1/s1. The predicted molar refractivity (Wildman–Crippen MR) is 299 cm³/mol. The Balaban J connectivity index is 0.685. The molecule has 1 saturated heterocycles. The number of carbonyl (C=O) groups excluding carboxylic acids is 4. The molecule has 3 aliphatic heterocycles. The maximum Gasteiger partial charge on any atom is 0.415 e. The van der Waals surface area contributed by atoms with E-state index in [1.807, 2.05) is 42.1 Å². The highest BCUT2D eigenvalue weighted by atomic mass is 16.6. The number of hydrogen-bond donors (Lipinski definition) is 1. The minimum absolute atomic E-state index is 0.0442. The number of esters is 2. The molecule has 0 bridgehead atoms. The van der Waals surface area contributed by atoms with Crippen LogP contribution in [0.15, 0.2) is 76.1 Å². The van der Waals surface area contributed by atoms with Gasteiger partial charge in [0.1, 0.15) is 18.5 Å². The number of anilines is 1. The smallest absolute Gasteiger partial charge is 0.415 e. The Morgan fingerprint density at radius 2 is 1.71 bits per heavy atom. The van der Waals surface area contributed by atoms with Crippen molar-refractivity contribution in [2.24, 2.45) is 17.3 Å². The molecule has 15 heteroatoms. The molecule has 1 N–H and O–H groups in total. The van der Waals surface area contributed by atoms with E-state index in [2.05, 4.69) is 61.9 Å². The van der Waals surface area contributed by atoms with E-state index in [1.54, 1.807) is 36.1 Å². The Kier molecular flexibility index (Phi) is 14.6. The molecule has 414 valence electrons. The second-order valence-corrected chi connectivity index (χ2v) is 24.3. The van der Waals surface area contributed by atoms with Crippen LogP contribution < -0.4 is 15.2 Å². The molecule has 0 spiro atoms. The zero-order valence-corrected chi connectivity index (χ0v) is 47.0. The van der Waals surface area contributed by atoms with Crippen LogP contribution in [-0.4, -0.2) is 119 Å². The van der Waals surface area contributed by atoms with E-state index in [1.165, 1.54) is 22.4 Å². The van der Waals surface area contributed by atoms with Gasteiger partial charge in [-0.2, -0.15) is 0 Å². The molecule has 0 radical (unpaired) electrons. The lowest BCUT2D eigenvalue weighted by Gasteiger charge is -2.52. The van der Waals surface area contributed by atoms with Gasteiger partial charge in [0, 0.05) is 97.8 Å². The third-order valence-corrected chi connectivity index (χ3v) is 19.2. The zero-order chi connectivity index (χ0) is 54.9. The molecule has 11 rings (SSSR count). The molecule has 2 saturated carbocycles. The van der Waals surface area contributed by atoms with Crippen molar-refractivity contribution in [2.45, 2.75) is 161 Å². The first-order chi connectivity index (χ1) is 37.4. The van der Waals surface area contributed by atoms with Crippen LogP contribution in [0.2, 0.25) is 0 Å². The number of ether oxygens (including phenoxy) is 3. The number of ketones is 1. The van der Waals surface area contributed by atoms with Crippen LogP contribution in [0.5, 0.6) is 5.75 Å². The maximum atomic E-state index is 14.1. The monoisotopic (exact) mass is 1060 g/mol. The van der Waals surface area contributed by atoms with Gasteiger partial charge in [-0.1, -0.05) is 44.4 Å². The lowest BCUT2D eigenvalue weighted by molar-refractivity contribution is -0.172. The summed E-state index contributed by atoms with van der Waals surface area (Å²) in [5.74, 6) is 0.960. The number of carbonyl (C=O) groups is 4. The molecule has 5 heterocycles. The molecular formula is C63H78N6O9. The first-order valence-corrected chi connectivity index (χ1v) is 28.8. The molecule has 3 fully saturated rings. The zero-order valence-electron chi connectivity index (χ0n) is 47.0. The van der Waals surface area contributed by atoms with Gasteiger partial charge in [0.25, 0.3) is 5.56 Å². The fourth-order valence-electron chi connectivity index (χ4n) is 15.0. The minimum Gasteiger partial charge on any atom is -0.462 e. The number of hydrogen-bond acceptors (Lipinski definition) is 13. The van der Waals surface area contributed by atoms with Crippen molar-refractivity contribution >= 4 is 40.4 Å². The van der Waals surface area contributed by atoms with Gasteiger partial charge >= 0.3 is 18.0 Å². The third kappa shape index (κ3) is 9.58. The number of unbranched alkanes of at least 4 members (excludes halogenated alkanes) is 3. The summed E-state index contributed by atoms with van der Waals surface area (Å²) in [5, 5.41) is 12.2. The van der Waals surface area contributed by atoms with Crippen LogP contribution in [0.25, 0.3) is 22.3 Å². The van der Waals surface area contributed by atoms with E-state index < -0.39 is 11.6 Å². The highest BCUT2D eigenvalue weighted by Gasteiger charge is 2.58. The Bertz CT molecular complexity index is 3200. The number of nitrogens with zero attached hydrogens (tertiary/aromatic N) is 6. The molecule has 15 nitrogen and oxygen atoms in total. The summed E-state index contributed by atoms with van der Waals surface area (Å²) in [6.45, 7) is 13.7. The summed E-state index contributed by atoms with van der Waals surface area (Å²) in [6.07, 6.45) is 12.4. The first kappa shape index (κ1) is 53.8. The van der Waals surface area contributed by atoms with Gasteiger partial charge in [0.05, 0.1) is 29.0 Å². The van der Waals surface area contributed by atoms with Gasteiger partial charge in [0.2, 0.25) is 0 Å². The van der Waals surface area contributed by atoms with Crippen LogP contribution in [0.3, 0.4) is 0 Å². The van der Waals surface area contributed by atoms with Crippen LogP contribution in [0, 0.1) is 17.3 Å². The van der Waals surface area contributed by atoms with Crippen LogP contribution in [0.4, 0.5) is 10.5 Å². The summed E-state index contributed by atoms with van der Waals surface area (Å²) in [7, 11) is 6.12. The number of fused-ring (bicyclic) bond motifs is 9. The normalized spacial score (nSPS) is 27.4. The van der Waals surface area contributed by atoms with Crippen LogP contribution >= 0.6 is 0 Å². The molecular weight excluding hydrogens is 985 g/mol. The molecule has 8 atom stereocenters. The Hall–Kier alpha value is -6.16. The van der Waals surface area contributed by atoms with Crippen LogP contribution in [0.1, 0.15) is 145 Å². The van der Waals surface area contributed by atoms with Crippen molar-refractivity contribution < 1.29 is 38.5 Å². The number of aromatic nitrogens is 2. The van der Waals surface area contributed by atoms with E-state index in [-0.39, 0.29) is 83.6 Å². The summed E-state index contributed by atoms with van der Waals surface area (Å²) in [4.78, 5) is 79.3.